The molecule has 3 aliphatic rings. The van der Waals surface area contributed by atoms with Gasteiger partial charge in [0.05, 0.1) is 0 Å². The van der Waals surface area contributed by atoms with Crippen LogP contribution in [0.4, 0.5) is 17.1 Å². The molecule has 21 rings (SSSR count). The van der Waals surface area contributed by atoms with Gasteiger partial charge in [-0.1, -0.05) is 196 Å². The number of rotatable bonds is 6. The van der Waals surface area contributed by atoms with Crippen molar-refractivity contribution >= 4 is 145 Å². The van der Waals surface area contributed by atoms with Crippen molar-refractivity contribution in [1.82, 2.24) is 0 Å². The number of furan rings is 1. The van der Waals surface area contributed by atoms with E-state index in [9.17, 15) is 0 Å². The molecule has 2 nitrogen and oxygen atoms in total. The molecule has 15 aromatic carbocycles. The summed E-state index contributed by atoms with van der Waals surface area (Å²) < 4.78 is 11.9. The molecule has 0 spiro atoms. The van der Waals surface area contributed by atoms with Gasteiger partial charge in [0.15, 0.2) is 0 Å². The van der Waals surface area contributed by atoms with E-state index in [0.717, 1.165) is 28.2 Å². The third-order valence-electron chi connectivity index (χ3n) is 19.9. The summed E-state index contributed by atoms with van der Waals surface area (Å²) in [4.78, 5) is 2.40. The highest BCUT2D eigenvalue weighted by Gasteiger charge is 2.41. The van der Waals surface area contributed by atoms with Gasteiger partial charge in [-0.3, -0.25) is 0 Å². The van der Waals surface area contributed by atoms with Crippen molar-refractivity contribution in [3.63, 3.8) is 0 Å². The minimum absolute atomic E-state index is 0.0992. The van der Waals surface area contributed by atoms with Crippen LogP contribution in [0.1, 0.15) is 25.0 Å². The number of hydrogen-bond acceptors (Lipinski definition) is 4. The summed E-state index contributed by atoms with van der Waals surface area (Å²) in [6.45, 7) is 4.77. The van der Waals surface area contributed by atoms with Crippen LogP contribution in [-0.2, 0) is 5.41 Å². The zero-order valence-corrected chi connectivity index (χ0v) is 50.3. The zero-order valence-electron chi connectivity index (χ0n) is 48.7. The average molecular weight is 1170 g/mol. The molecule has 0 saturated heterocycles. The third-order valence-corrected chi connectivity index (χ3v) is 22.1. The maximum atomic E-state index is 6.43. The molecule has 0 N–H and O–H groups in total. The number of nitrogens with zero attached hydrogens (tertiary/aromatic N) is 1. The molecule has 89 heavy (non-hydrogen) atoms. The summed E-state index contributed by atoms with van der Waals surface area (Å²) in [5.41, 5.74) is 23.7. The van der Waals surface area contributed by atoms with Crippen LogP contribution in [0.15, 0.2) is 277 Å². The van der Waals surface area contributed by atoms with Gasteiger partial charge in [0.2, 0.25) is 0 Å². The Kier molecular flexibility index (Phi) is 10.1. The van der Waals surface area contributed by atoms with Crippen LogP contribution in [0.2, 0.25) is 0 Å². The van der Waals surface area contributed by atoms with E-state index in [-0.39, 0.29) is 5.41 Å². The summed E-state index contributed by atoms with van der Waals surface area (Å²) in [7, 11) is 0. The third kappa shape index (κ3) is 6.96. The Morgan fingerprint density at radius 3 is 1.71 bits per heavy atom. The maximum absolute atomic E-state index is 6.43. The molecule has 4 heteroatoms. The molecular weight excluding hydrogens is 1120 g/mol. The minimum Gasteiger partial charge on any atom is -0.456 e. The lowest BCUT2D eigenvalue weighted by molar-refractivity contribution is 0.661. The van der Waals surface area contributed by atoms with E-state index in [1.54, 1.807) is 0 Å². The fourth-order valence-corrected chi connectivity index (χ4v) is 18.3. The topological polar surface area (TPSA) is 16.4 Å². The first kappa shape index (κ1) is 49.5. The van der Waals surface area contributed by atoms with Gasteiger partial charge >= 0.3 is 0 Å². The first-order valence-electron chi connectivity index (χ1n) is 30.8. The van der Waals surface area contributed by atoms with Crippen molar-refractivity contribution in [1.29, 1.82) is 0 Å². The molecule has 0 radical (unpaired) electrons. The number of fused-ring (bicyclic) bond motifs is 5. The van der Waals surface area contributed by atoms with E-state index in [4.69, 9.17) is 4.42 Å². The molecular formula is C85H51NOS2. The number of para-hydroxylation sites is 1. The smallest absolute Gasteiger partial charge is 0.136 e. The van der Waals surface area contributed by atoms with Gasteiger partial charge in [-0.25, -0.2) is 0 Å². The minimum atomic E-state index is -0.0992. The van der Waals surface area contributed by atoms with E-state index in [1.807, 2.05) is 22.7 Å². The summed E-state index contributed by atoms with van der Waals surface area (Å²) in [5.74, 6) is 0. The van der Waals surface area contributed by atoms with Crippen LogP contribution < -0.4 is 4.90 Å². The van der Waals surface area contributed by atoms with Gasteiger partial charge in [-0.15, -0.1) is 22.7 Å². The molecule has 0 fully saturated rings. The van der Waals surface area contributed by atoms with Gasteiger partial charge in [0.25, 0.3) is 0 Å². The van der Waals surface area contributed by atoms with Crippen LogP contribution in [0, 0.1) is 0 Å². The van der Waals surface area contributed by atoms with Crippen molar-refractivity contribution in [2.24, 2.45) is 0 Å². The van der Waals surface area contributed by atoms with Crippen molar-refractivity contribution in [3.8, 4) is 66.8 Å². The molecule has 0 aliphatic heterocycles. The Morgan fingerprint density at radius 2 is 0.876 bits per heavy atom. The predicted molar refractivity (Wildman–Crippen MR) is 383 cm³/mol. The molecule has 3 heterocycles. The molecule has 3 aromatic heterocycles. The quantitative estimate of drug-likeness (QED) is 0.154. The lowest BCUT2D eigenvalue weighted by atomic mass is 9.79. The van der Waals surface area contributed by atoms with Crippen molar-refractivity contribution in [3.05, 3.63) is 284 Å². The number of thiophene rings is 2. The van der Waals surface area contributed by atoms with Gasteiger partial charge < -0.3 is 9.32 Å². The van der Waals surface area contributed by atoms with E-state index in [2.05, 4.69) is 292 Å². The zero-order chi connectivity index (χ0) is 58.4. The SMILES string of the molecule is CC1(C)c2cc(-c3cccc(-c4ccccc4)c3)cc3c2-c2c1ccc1ccc4oc5cccc-3c5c4c21.c1ccc(N(c2cccc(-c3cc4sc5cccc6c5c4c4c3ccc3sc5cccc-6c5c34)c2)c2ccc3c(ccc4ccccc43)c2)cc1. The molecule has 0 atom stereocenters. The fourth-order valence-electron chi connectivity index (χ4n) is 16.0. The van der Waals surface area contributed by atoms with E-state index in [1.165, 1.54) is 172 Å². The van der Waals surface area contributed by atoms with E-state index >= 15 is 0 Å². The van der Waals surface area contributed by atoms with E-state index < -0.39 is 0 Å². The lowest BCUT2D eigenvalue weighted by Crippen LogP contribution is -2.15. The monoisotopic (exact) mass is 1170 g/mol. The number of hydrogen-bond donors (Lipinski definition) is 0. The Morgan fingerprint density at radius 1 is 0.281 bits per heavy atom. The van der Waals surface area contributed by atoms with Crippen molar-refractivity contribution in [2.75, 3.05) is 4.90 Å². The first-order valence-corrected chi connectivity index (χ1v) is 32.4. The summed E-state index contributed by atoms with van der Waals surface area (Å²) in [5, 5.41) is 18.6. The van der Waals surface area contributed by atoms with Gasteiger partial charge in [0.1, 0.15) is 11.2 Å². The Bertz CT molecular complexity index is 6110. The normalized spacial score (nSPS) is 13.1. The van der Waals surface area contributed by atoms with Crippen molar-refractivity contribution < 1.29 is 4.42 Å². The molecule has 0 saturated carbocycles. The summed E-state index contributed by atoms with van der Waals surface area (Å²) >= 11 is 3.85. The predicted octanol–water partition coefficient (Wildman–Crippen LogP) is 25.4. The van der Waals surface area contributed by atoms with Gasteiger partial charge in [0, 0.05) is 84.4 Å². The molecule has 3 aliphatic carbocycles. The lowest BCUT2D eigenvalue weighted by Gasteiger charge is -2.26. The molecule has 0 bridgehead atoms. The van der Waals surface area contributed by atoms with Crippen LogP contribution in [-0.4, -0.2) is 0 Å². The van der Waals surface area contributed by atoms with Crippen LogP contribution in [0.25, 0.3) is 172 Å². The molecule has 414 valence electrons. The van der Waals surface area contributed by atoms with Crippen LogP contribution >= 0.6 is 22.7 Å². The van der Waals surface area contributed by atoms with Crippen LogP contribution in [0.5, 0.6) is 0 Å². The average Bonchev–Trinajstić information content (AvgIpc) is 1.55. The number of benzene rings is 15. The Labute approximate surface area is 521 Å². The summed E-state index contributed by atoms with van der Waals surface area (Å²) in [6.07, 6.45) is 0. The van der Waals surface area contributed by atoms with Crippen molar-refractivity contribution in [2.45, 2.75) is 19.3 Å². The standard InChI is InChI=1S/C48H27NS2.C37H24O/c1-2-11-31(12-3-1)49(33-21-22-35-30(26-33)20-19-28-9-4-5-14-34(28)35)32-13-6-10-29(25-32)39-27-43-48-45-37(16-8-18-41(45)51-43)36-15-7-17-40-44(36)47-42(50-40)24-23-38(39)46(47)48;1-37(2)28-16-14-22-15-17-31-36-32(22)35(28)33-27(26-12-7-13-30(38-31)34(26)36)19-25(20-29(33)37)24-11-6-10-23(18-24)21-8-4-3-5-9-21/h1-27H;3-20H,1-2H3. The van der Waals surface area contributed by atoms with E-state index in [0.29, 0.717) is 0 Å². The Balaban J connectivity index is 0.000000130. The molecule has 0 unspecified atom stereocenters. The maximum Gasteiger partial charge on any atom is 0.136 e. The second-order valence-corrected chi connectivity index (χ2v) is 27.1. The summed E-state index contributed by atoms with van der Waals surface area (Å²) in [6, 6.07) is 101. The molecule has 0 amide bonds. The largest absolute Gasteiger partial charge is 0.456 e. The first-order chi connectivity index (χ1) is 43.9. The van der Waals surface area contributed by atoms with Gasteiger partial charge in [-0.2, -0.15) is 0 Å². The van der Waals surface area contributed by atoms with Crippen LogP contribution in [0.3, 0.4) is 0 Å². The highest BCUT2D eigenvalue weighted by molar-refractivity contribution is 7.27. The molecule has 18 aromatic rings. The Hall–Kier alpha value is -10.6. The number of anilines is 3. The second kappa shape index (κ2) is 18.2. The van der Waals surface area contributed by atoms with Gasteiger partial charge in [-0.05, 0) is 201 Å². The highest BCUT2D eigenvalue weighted by Crippen LogP contribution is 2.60. The fraction of sp³-hybridized carbons (Fsp3) is 0.0353. The highest BCUT2D eigenvalue weighted by atomic mass is 32.1. The second-order valence-electron chi connectivity index (χ2n) is 25.0.